The Labute approximate surface area is 176 Å². The molecule has 10 heteroatoms. The highest BCUT2D eigenvalue weighted by Crippen LogP contribution is 2.25. The van der Waals surface area contributed by atoms with E-state index in [9.17, 15) is 9.59 Å². The fraction of sp³-hybridized carbons (Fsp3) is 0.250. The first-order valence-electron chi connectivity index (χ1n) is 9.49. The number of carbonyl (C=O) groups excluding carboxylic acids is 1. The molecule has 30 heavy (non-hydrogen) atoms. The number of tetrazole rings is 1. The van der Waals surface area contributed by atoms with Crippen LogP contribution in [0.3, 0.4) is 0 Å². The van der Waals surface area contributed by atoms with E-state index in [1.807, 2.05) is 24.3 Å². The average molecular weight is 424 g/mol. The molecule has 0 aliphatic heterocycles. The van der Waals surface area contributed by atoms with Crippen molar-refractivity contribution in [1.29, 1.82) is 0 Å². The van der Waals surface area contributed by atoms with Crippen LogP contribution in [0.5, 0.6) is 0 Å². The molecule has 4 aromatic rings. The molecule has 9 nitrogen and oxygen atoms in total. The van der Waals surface area contributed by atoms with Crippen LogP contribution in [0.1, 0.15) is 32.3 Å². The molecule has 0 saturated carbocycles. The van der Waals surface area contributed by atoms with Crippen molar-refractivity contribution >= 4 is 34.4 Å². The number of rotatable bonds is 6. The van der Waals surface area contributed by atoms with Crippen LogP contribution >= 0.6 is 11.8 Å². The number of amides is 1. The number of aromatic amines is 2. The summed E-state index contributed by atoms with van der Waals surface area (Å²) in [5.41, 5.74) is 3.69. The predicted octanol–water partition coefficient (Wildman–Crippen LogP) is 3.07. The van der Waals surface area contributed by atoms with E-state index in [2.05, 4.69) is 44.7 Å². The fourth-order valence-electron chi connectivity index (χ4n) is 2.98. The summed E-state index contributed by atoms with van der Waals surface area (Å²) in [7, 11) is 0. The zero-order chi connectivity index (χ0) is 21.3. The summed E-state index contributed by atoms with van der Waals surface area (Å²) >= 11 is 1.27. The molecule has 0 aliphatic carbocycles. The number of hydrogen-bond donors (Lipinski definition) is 3. The lowest BCUT2D eigenvalue weighted by atomic mass is 10.0. The molecule has 0 bridgehead atoms. The third-order valence-electron chi connectivity index (χ3n) is 4.68. The van der Waals surface area contributed by atoms with E-state index in [1.165, 1.54) is 17.3 Å². The largest absolute Gasteiger partial charge is 0.325 e. The first-order chi connectivity index (χ1) is 14.4. The molecule has 1 unspecified atom stereocenters. The summed E-state index contributed by atoms with van der Waals surface area (Å²) in [6, 6.07) is 13.2. The maximum absolute atomic E-state index is 12.7. The van der Waals surface area contributed by atoms with E-state index >= 15 is 0 Å². The molecule has 1 atom stereocenters. The van der Waals surface area contributed by atoms with Gasteiger partial charge >= 0.3 is 5.69 Å². The number of nitrogens with zero attached hydrogens (tertiary/aromatic N) is 4. The van der Waals surface area contributed by atoms with Gasteiger partial charge < -0.3 is 15.3 Å². The van der Waals surface area contributed by atoms with Crippen molar-refractivity contribution in [2.24, 2.45) is 0 Å². The molecule has 3 N–H and O–H groups in total. The van der Waals surface area contributed by atoms with Gasteiger partial charge in [0, 0.05) is 5.69 Å². The monoisotopic (exact) mass is 423 g/mol. The van der Waals surface area contributed by atoms with Gasteiger partial charge in [-0.2, -0.15) is 4.68 Å². The Hall–Kier alpha value is -3.40. The smallest absolute Gasteiger partial charge is 0.323 e. The van der Waals surface area contributed by atoms with Crippen LogP contribution in [0.4, 0.5) is 5.69 Å². The zero-order valence-corrected chi connectivity index (χ0v) is 17.5. The molecule has 154 valence electrons. The lowest BCUT2D eigenvalue weighted by molar-refractivity contribution is -0.115. The van der Waals surface area contributed by atoms with Gasteiger partial charge in [0.25, 0.3) is 0 Å². The quantitative estimate of drug-likeness (QED) is 0.410. The lowest BCUT2D eigenvalue weighted by Gasteiger charge is -2.12. The minimum atomic E-state index is -0.439. The minimum Gasteiger partial charge on any atom is -0.325 e. The maximum Gasteiger partial charge on any atom is 0.323 e. The van der Waals surface area contributed by atoms with Crippen LogP contribution < -0.4 is 11.0 Å². The molecule has 0 saturated heterocycles. The highest BCUT2D eigenvalue weighted by Gasteiger charge is 2.19. The zero-order valence-electron chi connectivity index (χ0n) is 16.7. The number of anilines is 1. The lowest BCUT2D eigenvalue weighted by Crippen LogP contribution is -2.22. The van der Waals surface area contributed by atoms with Crippen molar-refractivity contribution in [3.63, 3.8) is 0 Å². The second-order valence-corrected chi connectivity index (χ2v) is 8.52. The van der Waals surface area contributed by atoms with E-state index in [1.54, 1.807) is 29.8 Å². The normalized spacial score (nSPS) is 12.4. The highest BCUT2D eigenvalue weighted by molar-refractivity contribution is 8.00. The topological polar surface area (TPSA) is 121 Å². The van der Waals surface area contributed by atoms with Crippen LogP contribution in [0, 0.1) is 0 Å². The van der Waals surface area contributed by atoms with Gasteiger partial charge in [0.1, 0.15) is 0 Å². The van der Waals surface area contributed by atoms with Crippen molar-refractivity contribution in [2.75, 3.05) is 5.32 Å². The van der Waals surface area contributed by atoms with E-state index in [-0.39, 0.29) is 11.6 Å². The van der Waals surface area contributed by atoms with E-state index in [0.717, 1.165) is 5.69 Å². The van der Waals surface area contributed by atoms with Gasteiger partial charge in [0.2, 0.25) is 11.1 Å². The van der Waals surface area contributed by atoms with Crippen molar-refractivity contribution < 1.29 is 4.79 Å². The SMILES string of the molecule is CC(Sc1nnnn1-c1ccc(C(C)C)cc1)C(=O)Nc1ccc2[nH]c(=O)[nH]c2c1. The molecule has 0 spiro atoms. The molecule has 2 aromatic carbocycles. The van der Waals surface area contributed by atoms with Gasteiger partial charge in [-0.15, -0.1) is 5.10 Å². The number of carbonyl (C=O) groups is 1. The number of H-pyrrole nitrogens is 2. The van der Waals surface area contributed by atoms with E-state index < -0.39 is 5.25 Å². The summed E-state index contributed by atoms with van der Waals surface area (Å²) in [6.07, 6.45) is 0. The molecule has 0 fully saturated rings. The van der Waals surface area contributed by atoms with Gasteiger partial charge in [-0.25, -0.2) is 4.79 Å². The molecular weight excluding hydrogens is 402 g/mol. The summed E-state index contributed by atoms with van der Waals surface area (Å²) in [6.45, 7) is 6.07. The molecular formula is C20H21N7O2S. The molecule has 4 rings (SSSR count). The highest BCUT2D eigenvalue weighted by atomic mass is 32.2. The number of benzene rings is 2. The average Bonchev–Trinajstić information content (AvgIpc) is 3.33. The third-order valence-corrected chi connectivity index (χ3v) is 5.71. The third kappa shape index (κ3) is 4.13. The Kier molecular flexibility index (Phi) is 5.40. The van der Waals surface area contributed by atoms with Crippen molar-refractivity contribution in [3.05, 3.63) is 58.5 Å². The fourth-order valence-corrected chi connectivity index (χ4v) is 3.79. The molecule has 0 aliphatic rings. The first kappa shape index (κ1) is 19.9. The standard InChI is InChI=1S/C20H21N7O2S/c1-11(2)13-4-7-15(8-5-13)27-20(24-25-26-27)30-12(3)18(28)21-14-6-9-16-17(10-14)23-19(29)22-16/h4-12H,1-3H3,(H,21,28)(H2,22,23,29). The summed E-state index contributed by atoms with van der Waals surface area (Å²) < 4.78 is 1.62. The Balaban J connectivity index is 1.47. The van der Waals surface area contributed by atoms with Crippen LogP contribution in [-0.2, 0) is 4.79 Å². The van der Waals surface area contributed by atoms with Gasteiger partial charge in [-0.1, -0.05) is 37.7 Å². The summed E-state index contributed by atoms with van der Waals surface area (Å²) in [5.74, 6) is 0.246. The number of aromatic nitrogens is 6. The van der Waals surface area contributed by atoms with Crippen LogP contribution in [0.25, 0.3) is 16.7 Å². The number of nitrogens with one attached hydrogen (secondary N) is 3. The number of hydrogen-bond acceptors (Lipinski definition) is 6. The number of imidazole rings is 1. The Morgan fingerprint density at radius 2 is 1.80 bits per heavy atom. The van der Waals surface area contributed by atoms with Crippen molar-refractivity contribution in [3.8, 4) is 5.69 Å². The van der Waals surface area contributed by atoms with Gasteiger partial charge in [-0.3, -0.25) is 4.79 Å². The van der Waals surface area contributed by atoms with Gasteiger partial charge in [0.05, 0.1) is 22.0 Å². The predicted molar refractivity (Wildman–Crippen MR) is 116 cm³/mol. The van der Waals surface area contributed by atoms with E-state index in [0.29, 0.717) is 27.8 Å². The Morgan fingerprint density at radius 3 is 2.53 bits per heavy atom. The summed E-state index contributed by atoms with van der Waals surface area (Å²) in [5, 5.41) is 14.8. The Bertz CT molecular complexity index is 1240. The number of thioether (sulfide) groups is 1. The van der Waals surface area contributed by atoms with Gasteiger partial charge in [-0.05, 0) is 59.2 Å². The minimum absolute atomic E-state index is 0.193. The molecule has 2 heterocycles. The van der Waals surface area contributed by atoms with Crippen LogP contribution in [0.2, 0.25) is 0 Å². The van der Waals surface area contributed by atoms with Crippen LogP contribution in [-0.4, -0.2) is 41.3 Å². The van der Waals surface area contributed by atoms with Crippen molar-refractivity contribution in [2.45, 2.75) is 37.1 Å². The first-order valence-corrected chi connectivity index (χ1v) is 10.4. The number of fused-ring (bicyclic) bond motifs is 1. The van der Waals surface area contributed by atoms with Crippen LogP contribution in [0.15, 0.2) is 52.4 Å². The second kappa shape index (κ2) is 8.15. The second-order valence-electron chi connectivity index (χ2n) is 7.21. The van der Waals surface area contributed by atoms with Gasteiger partial charge in [0.15, 0.2) is 0 Å². The maximum atomic E-state index is 12.7. The molecule has 0 radical (unpaired) electrons. The Morgan fingerprint density at radius 1 is 1.07 bits per heavy atom. The molecule has 1 amide bonds. The molecule has 2 aromatic heterocycles. The van der Waals surface area contributed by atoms with E-state index in [4.69, 9.17) is 0 Å². The summed E-state index contributed by atoms with van der Waals surface area (Å²) in [4.78, 5) is 29.4. The van der Waals surface area contributed by atoms with Crippen molar-refractivity contribution in [1.82, 2.24) is 30.2 Å².